The first-order valence-corrected chi connectivity index (χ1v) is 26.7. The Morgan fingerprint density at radius 2 is 0.661 bits per heavy atom. The molecule has 0 saturated heterocycles. The van der Waals surface area contributed by atoms with Crippen molar-refractivity contribution < 1.29 is 15.0 Å². The average molecular weight is 828 g/mol. The lowest BCUT2D eigenvalue weighted by atomic mass is 10.0. The van der Waals surface area contributed by atoms with Gasteiger partial charge in [-0.15, -0.1) is 0 Å². The normalized spacial score (nSPS) is 13.1. The first kappa shape index (κ1) is 57.6. The zero-order valence-electron chi connectivity index (χ0n) is 40.0. The topological polar surface area (TPSA) is 69.6 Å². The molecule has 0 aromatic carbocycles. The van der Waals surface area contributed by atoms with Crippen molar-refractivity contribution in [1.29, 1.82) is 0 Å². The number of unbranched alkanes of at least 4 members (excludes halogenated alkanes) is 38. The summed E-state index contributed by atoms with van der Waals surface area (Å²) in [5.41, 5.74) is 0. The molecule has 348 valence electrons. The maximum atomic E-state index is 12.4. The monoisotopic (exact) mass is 828 g/mol. The van der Waals surface area contributed by atoms with Crippen LogP contribution in [0.2, 0.25) is 0 Å². The highest BCUT2D eigenvalue weighted by Gasteiger charge is 2.17. The van der Waals surface area contributed by atoms with Gasteiger partial charge in [-0.05, 0) is 57.8 Å². The molecule has 0 aliphatic rings. The summed E-state index contributed by atoms with van der Waals surface area (Å²) in [6.07, 6.45) is 68.7. The molecule has 0 spiro atoms. The van der Waals surface area contributed by atoms with Gasteiger partial charge in [0.25, 0.3) is 0 Å². The highest BCUT2D eigenvalue weighted by molar-refractivity contribution is 5.76. The Morgan fingerprint density at radius 1 is 0.390 bits per heavy atom. The number of carbonyl (C=O) groups is 1. The molecule has 2 unspecified atom stereocenters. The van der Waals surface area contributed by atoms with Crippen molar-refractivity contribution in [2.24, 2.45) is 0 Å². The molecule has 0 saturated carbocycles. The fourth-order valence-corrected chi connectivity index (χ4v) is 8.25. The minimum atomic E-state index is -0.863. The van der Waals surface area contributed by atoms with E-state index in [1.165, 1.54) is 238 Å². The van der Waals surface area contributed by atoms with Gasteiger partial charge in [0.1, 0.15) is 0 Å². The number of carbonyl (C=O) groups excluding carboxylic acids is 1. The van der Waals surface area contributed by atoms with Gasteiger partial charge in [-0.1, -0.05) is 262 Å². The molecule has 4 heteroatoms. The zero-order valence-corrected chi connectivity index (χ0v) is 40.0. The van der Waals surface area contributed by atoms with Crippen LogP contribution in [0.15, 0.2) is 36.5 Å². The summed E-state index contributed by atoms with van der Waals surface area (Å²) in [6.45, 7) is 4.33. The van der Waals surface area contributed by atoms with Crippen molar-refractivity contribution in [3.63, 3.8) is 0 Å². The average Bonchev–Trinajstić information content (AvgIpc) is 3.24. The van der Waals surface area contributed by atoms with E-state index in [0.29, 0.717) is 6.42 Å². The van der Waals surface area contributed by atoms with E-state index in [1.54, 1.807) is 6.08 Å². The molecule has 0 fully saturated rings. The maximum Gasteiger partial charge on any atom is 0.220 e. The van der Waals surface area contributed by atoms with Crippen molar-refractivity contribution in [2.45, 2.75) is 302 Å². The molecule has 0 heterocycles. The van der Waals surface area contributed by atoms with Gasteiger partial charge in [-0.25, -0.2) is 0 Å². The molecule has 0 rings (SSSR count). The minimum absolute atomic E-state index is 0.0735. The third-order valence-electron chi connectivity index (χ3n) is 12.3. The van der Waals surface area contributed by atoms with Crippen LogP contribution in [0.4, 0.5) is 0 Å². The molecular formula is C55H105NO3. The Morgan fingerprint density at radius 3 is 0.983 bits per heavy atom. The van der Waals surface area contributed by atoms with E-state index in [1.807, 2.05) is 6.08 Å². The number of rotatable bonds is 49. The van der Waals surface area contributed by atoms with E-state index >= 15 is 0 Å². The number of aliphatic hydroxyl groups is 2. The van der Waals surface area contributed by atoms with Crippen molar-refractivity contribution in [3.05, 3.63) is 36.5 Å². The Bertz CT molecular complexity index is 897. The maximum absolute atomic E-state index is 12.4. The Balaban J connectivity index is 3.54. The van der Waals surface area contributed by atoms with Crippen molar-refractivity contribution in [1.82, 2.24) is 5.32 Å². The molecule has 4 nitrogen and oxygen atoms in total. The molecule has 3 N–H and O–H groups in total. The van der Waals surface area contributed by atoms with Crippen LogP contribution in [-0.4, -0.2) is 34.9 Å². The number of nitrogens with one attached hydrogen (secondary N) is 1. The Kier molecular flexibility index (Phi) is 49.8. The van der Waals surface area contributed by atoms with Gasteiger partial charge in [-0.2, -0.15) is 0 Å². The molecule has 0 radical (unpaired) electrons. The van der Waals surface area contributed by atoms with Crippen LogP contribution >= 0.6 is 0 Å². The SMILES string of the molecule is CCCCCCCCCCCCCC/C=C\CCCCCCCCCCC(=O)NC(CO)C(O)/C=C/CC/C=C/CCCCCCCCCCCCCCCCCCC. The van der Waals surface area contributed by atoms with Crippen LogP contribution in [0.3, 0.4) is 0 Å². The van der Waals surface area contributed by atoms with E-state index in [0.717, 1.165) is 32.1 Å². The zero-order chi connectivity index (χ0) is 42.8. The van der Waals surface area contributed by atoms with Crippen molar-refractivity contribution in [2.75, 3.05) is 6.61 Å². The van der Waals surface area contributed by atoms with Crippen LogP contribution in [0.5, 0.6) is 0 Å². The quantitative estimate of drug-likeness (QED) is 0.0423. The van der Waals surface area contributed by atoms with Crippen LogP contribution in [0.25, 0.3) is 0 Å². The van der Waals surface area contributed by atoms with Gasteiger partial charge in [0.2, 0.25) is 5.91 Å². The lowest BCUT2D eigenvalue weighted by molar-refractivity contribution is -0.123. The van der Waals surface area contributed by atoms with Gasteiger partial charge in [0.15, 0.2) is 0 Å². The molecule has 0 aliphatic carbocycles. The molecule has 0 aromatic heterocycles. The van der Waals surface area contributed by atoms with Gasteiger partial charge < -0.3 is 15.5 Å². The lowest BCUT2D eigenvalue weighted by Gasteiger charge is -2.19. The van der Waals surface area contributed by atoms with Crippen LogP contribution < -0.4 is 5.32 Å². The lowest BCUT2D eigenvalue weighted by Crippen LogP contribution is -2.45. The fourth-order valence-electron chi connectivity index (χ4n) is 8.25. The number of hydrogen-bond acceptors (Lipinski definition) is 3. The summed E-state index contributed by atoms with van der Waals surface area (Å²) in [6, 6.07) is -0.641. The summed E-state index contributed by atoms with van der Waals surface area (Å²) in [5.74, 6) is -0.0735. The molecule has 0 aliphatic heterocycles. The third kappa shape index (κ3) is 47.5. The van der Waals surface area contributed by atoms with Crippen LogP contribution in [0.1, 0.15) is 290 Å². The number of hydrogen-bond donors (Lipinski definition) is 3. The van der Waals surface area contributed by atoms with E-state index in [-0.39, 0.29) is 12.5 Å². The van der Waals surface area contributed by atoms with Gasteiger partial charge in [-0.3, -0.25) is 4.79 Å². The number of amides is 1. The highest BCUT2D eigenvalue weighted by Crippen LogP contribution is 2.16. The van der Waals surface area contributed by atoms with E-state index in [2.05, 4.69) is 43.5 Å². The summed E-state index contributed by atoms with van der Waals surface area (Å²) in [7, 11) is 0. The summed E-state index contributed by atoms with van der Waals surface area (Å²) >= 11 is 0. The van der Waals surface area contributed by atoms with E-state index in [4.69, 9.17) is 0 Å². The summed E-state index contributed by atoms with van der Waals surface area (Å²) < 4.78 is 0. The second-order valence-corrected chi connectivity index (χ2v) is 18.3. The minimum Gasteiger partial charge on any atom is -0.394 e. The molecule has 0 aromatic rings. The van der Waals surface area contributed by atoms with Crippen molar-refractivity contribution in [3.8, 4) is 0 Å². The largest absolute Gasteiger partial charge is 0.394 e. The second kappa shape index (κ2) is 51.0. The Hall–Kier alpha value is -1.39. The first-order chi connectivity index (χ1) is 29.2. The van der Waals surface area contributed by atoms with Crippen LogP contribution in [0, 0.1) is 0 Å². The standard InChI is InChI=1S/C55H105NO3/c1-3-5-7-9-11-13-15-17-19-21-23-25-27-29-31-33-35-37-39-41-43-45-47-49-51-55(59)56-53(52-57)54(58)50-48-46-44-42-40-38-36-34-32-30-28-26-24-22-20-18-16-14-12-10-8-6-4-2/h29,31,40,42,48,50,53-54,57-58H,3-28,30,32-39,41,43-47,49,51-52H2,1-2H3,(H,56,59)/b31-29-,42-40+,50-48+. The van der Waals surface area contributed by atoms with Gasteiger partial charge in [0.05, 0.1) is 18.8 Å². The summed E-state index contributed by atoms with van der Waals surface area (Å²) in [4.78, 5) is 12.4. The van der Waals surface area contributed by atoms with Gasteiger partial charge in [0, 0.05) is 6.42 Å². The number of allylic oxidation sites excluding steroid dienone is 5. The molecule has 2 atom stereocenters. The third-order valence-corrected chi connectivity index (χ3v) is 12.3. The fraction of sp³-hybridized carbons (Fsp3) is 0.873. The van der Waals surface area contributed by atoms with Gasteiger partial charge >= 0.3 is 0 Å². The predicted octanol–water partition coefficient (Wildman–Crippen LogP) is 17.3. The Labute approximate surface area is 370 Å². The highest BCUT2D eigenvalue weighted by atomic mass is 16.3. The number of aliphatic hydroxyl groups excluding tert-OH is 2. The van der Waals surface area contributed by atoms with Crippen LogP contribution in [-0.2, 0) is 4.79 Å². The molecule has 59 heavy (non-hydrogen) atoms. The molecular weight excluding hydrogens is 723 g/mol. The van der Waals surface area contributed by atoms with Crippen molar-refractivity contribution >= 4 is 5.91 Å². The van der Waals surface area contributed by atoms with E-state index < -0.39 is 12.1 Å². The predicted molar refractivity (Wildman–Crippen MR) is 262 cm³/mol. The molecule has 0 bridgehead atoms. The smallest absolute Gasteiger partial charge is 0.220 e. The molecule has 1 amide bonds. The van der Waals surface area contributed by atoms with E-state index in [9.17, 15) is 15.0 Å². The first-order valence-electron chi connectivity index (χ1n) is 26.7. The second-order valence-electron chi connectivity index (χ2n) is 18.3. The summed E-state index contributed by atoms with van der Waals surface area (Å²) in [5, 5.41) is 23.1.